The molecule has 132 valence electrons. The molecule has 3 rings (SSSR count). The Morgan fingerprint density at radius 1 is 1.12 bits per heavy atom. The number of hydrogen-bond donors (Lipinski definition) is 1. The first-order valence-electron chi connectivity index (χ1n) is 7.65. The Kier molecular flexibility index (Phi) is 4.99. The van der Waals surface area contributed by atoms with Gasteiger partial charge in [-0.25, -0.2) is 9.48 Å². The van der Waals surface area contributed by atoms with Gasteiger partial charge in [0, 0.05) is 12.4 Å². The van der Waals surface area contributed by atoms with Crippen molar-refractivity contribution in [3.8, 4) is 0 Å². The summed E-state index contributed by atoms with van der Waals surface area (Å²) in [7, 11) is 1.44. The minimum absolute atomic E-state index is 0.0340. The smallest absolute Gasteiger partial charge is 0.359 e. The lowest BCUT2D eigenvalue weighted by Crippen LogP contribution is -2.26. The van der Waals surface area contributed by atoms with E-state index in [0.29, 0.717) is 21.5 Å². The van der Waals surface area contributed by atoms with E-state index in [2.05, 4.69) is 10.4 Å². The number of carbonyl (C=O) groups is 2. The summed E-state index contributed by atoms with van der Waals surface area (Å²) in [5.74, 6) is -1.34. The number of esters is 1. The highest BCUT2D eigenvalue weighted by Crippen LogP contribution is 2.20. The van der Waals surface area contributed by atoms with E-state index in [-0.39, 0.29) is 11.3 Å². The molecular weight excluding hydrogens is 358 g/mol. The molecule has 0 saturated carbocycles. The number of rotatable bonds is 4. The molecule has 8 heteroatoms. The standard InChI is InChI=1S/C18H14ClN3O4/c1-22-17(24)12-7-3-2-6-11(12)16(21-22)18(25)26-10-15(23)20-14-9-5-4-8-13(14)19/h2-9H,10H2,1H3,(H,20,23). The van der Waals surface area contributed by atoms with Crippen LogP contribution in [0.15, 0.2) is 53.3 Å². The van der Waals surface area contributed by atoms with Gasteiger partial charge in [0.1, 0.15) is 0 Å². The first-order chi connectivity index (χ1) is 12.5. The number of halogens is 1. The fourth-order valence-corrected chi connectivity index (χ4v) is 2.58. The lowest BCUT2D eigenvalue weighted by Gasteiger charge is -2.09. The van der Waals surface area contributed by atoms with Crippen LogP contribution in [0, 0.1) is 0 Å². The number of nitrogens with zero attached hydrogens (tertiary/aromatic N) is 2. The number of nitrogens with one attached hydrogen (secondary N) is 1. The fraction of sp³-hybridized carbons (Fsp3) is 0.111. The van der Waals surface area contributed by atoms with Crippen molar-refractivity contribution in [2.45, 2.75) is 0 Å². The van der Waals surface area contributed by atoms with Crippen LogP contribution in [0.3, 0.4) is 0 Å². The maximum atomic E-state index is 12.3. The van der Waals surface area contributed by atoms with Gasteiger partial charge in [-0.3, -0.25) is 9.59 Å². The molecule has 2 aromatic carbocycles. The molecule has 0 radical (unpaired) electrons. The molecule has 1 amide bonds. The number of amides is 1. The van der Waals surface area contributed by atoms with Crippen molar-refractivity contribution in [3.63, 3.8) is 0 Å². The molecule has 0 fully saturated rings. The first kappa shape index (κ1) is 17.6. The maximum Gasteiger partial charge on any atom is 0.359 e. The SMILES string of the molecule is Cn1nc(C(=O)OCC(=O)Nc2ccccc2Cl)c2ccccc2c1=O. The van der Waals surface area contributed by atoms with Crippen molar-refractivity contribution in [2.24, 2.45) is 7.05 Å². The van der Waals surface area contributed by atoms with E-state index in [1.54, 1.807) is 48.5 Å². The Morgan fingerprint density at radius 2 is 1.77 bits per heavy atom. The van der Waals surface area contributed by atoms with E-state index in [1.165, 1.54) is 7.05 Å². The minimum atomic E-state index is -0.800. The summed E-state index contributed by atoms with van der Waals surface area (Å²) >= 11 is 5.96. The molecule has 0 unspecified atom stereocenters. The number of benzene rings is 2. The van der Waals surface area contributed by atoms with Crippen LogP contribution in [0.5, 0.6) is 0 Å². The molecular formula is C18H14ClN3O4. The number of fused-ring (bicyclic) bond motifs is 1. The molecule has 26 heavy (non-hydrogen) atoms. The van der Waals surface area contributed by atoms with Gasteiger partial charge in [0.25, 0.3) is 11.5 Å². The van der Waals surface area contributed by atoms with Crippen LogP contribution in [0.25, 0.3) is 10.8 Å². The molecule has 1 N–H and O–H groups in total. The Hall–Kier alpha value is -3.19. The van der Waals surface area contributed by atoms with Crippen molar-refractivity contribution >= 4 is 39.9 Å². The zero-order valence-electron chi connectivity index (χ0n) is 13.7. The second-order valence-electron chi connectivity index (χ2n) is 5.43. The number of aryl methyl sites for hydroxylation is 1. The quantitative estimate of drug-likeness (QED) is 0.711. The number of para-hydroxylation sites is 1. The predicted octanol–water partition coefficient (Wildman–Crippen LogP) is 2.38. The number of ether oxygens (including phenoxy) is 1. The lowest BCUT2D eigenvalue weighted by molar-refractivity contribution is -0.119. The molecule has 0 aliphatic carbocycles. The van der Waals surface area contributed by atoms with Crippen LogP contribution in [-0.4, -0.2) is 28.3 Å². The van der Waals surface area contributed by atoms with E-state index in [9.17, 15) is 14.4 Å². The zero-order valence-corrected chi connectivity index (χ0v) is 14.5. The van der Waals surface area contributed by atoms with Crippen LogP contribution in [0.2, 0.25) is 5.02 Å². The van der Waals surface area contributed by atoms with Gasteiger partial charge in [-0.1, -0.05) is 41.9 Å². The number of hydrogen-bond acceptors (Lipinski definition) is 5. The summed E-state index contributed by atoms with van der Waals surface area (Å²) in [5, 5.41) is 7.59. The summed E-state index contributed by atoms with van der Waals surface area (Å²) < 4.78 is 6.09. The zero-order chi connectivity index (χ0) is 18.7. The van der Waals surface area contributed by atoms with E-state index < -0.39 is 18.5 Å². The van der Waals surface area contributed by atoms with Crippen LogP contribution in [0.4, 0.5) is 5.69 Å². The van der Waals surface area contributed by atoms with E-state index in [4.69, 9.17) is 16.3 Å². The van der Waals surface area contributed by atoms with Crippen molar-refractivity contribution in [1.29, 1.82) is 0 Å². The topological polar surface area (TPSA) is 90.3 Å². The summed E-state index contributed by atoms with van der Waals surface area (Å²) in [6.07, 6.45) is 0. The third-order valence-electron chi connectivity index (χ3n) is 3.63. The van der Waals surface area contributed by atoms with Gasteiger partial charge in [-0.2, -0.15) is 5.10 Å². The first-order valence-corrected chi connectivity index (χ1v) is 8.02. The van der Waals surface area contributed by atoms with E-state index >= 15 is 0 Å². The fourth-order valence-electron chi connectivity index (χ4n) is 2.40. The van der Waals surface area contributed by atoms with Crippen LogP contribution in [0.1, 0.15) is 10.5 Å². The van der Waals surface area contributed by atoms with Gasteiger partial charge in [-0.15, -0.1) is 0 Å². The molecule has 7 nitrogen and oxygen atoms in total. The Balaban J connectivity index is 1.76. The van der Waals surface area contributed by atoms with Crippen molar-refractivity contribution < 1.29 is 14.3 Å². The third kappa shape index (κ3) is 3.57. The summed E-state index contributed by atoms with van der Waals surface area (Å²) in [6, 6.07) is 13.3. The third-order valence-corrected chi connectivity index (χ3v) is 3.96. The Labute approximate surface area is 153 Å². The number of aromatic nitrogens is 2. The molecule has 3 aromatic rings. The lowest BCUT2D eigenvalue weighted by atomic mass is 10.1. The molecule has 0 atom stereocenters. The van der Waals surface area contributed by atoms with Gasteiger partial charge < -0.3 is 10.1 Å². The number of carbonyl (C=O) groups excluding carboxylic acids is 2. The van der Waals surface area contributed by atoms with Crippen molar-refractivity contribution in [1.82, 2.24) is 9.78 Å². The monoisotopic (exact) mass is 371 g/mol. The summed E-state index contributed by atoms with van der Waals surface area (Å²) in [5.41, 5.74) is 0.0581. The van der Waals surface area contributed by atoms with E-state index in [0.717, 1.165) is 4.68 Å². The highest BCUT2D eigenvalue weighted by atomic mass is 35.5. The average molecular weight is 372 g/mol. The van der Waals surface area contributed by atoms with Gasteiger partial charge in [0.15, 0.2) is 12.3 Å². The molecule has 0 saturated heterocycles. The molecule has 0 bridgehead atoms. The van der Waals surface area contributed by atoms with Gasteiger partial charge in [0.2, 0.25) is 0 Å². The van der Waals surface area contributed by atoms with E-state index in [1.807, 2.05) is 0 Å². The second-order valence-corrected chi connectivity index (χ2v) is 5.83. The molecule has 1 aromatic heterocycles. The molecule has 0 aliphatic rings. The molecule has 0 aliphatic heterocycles. The van der Waals surface area contributed by atoms with Gasteiger partial charge in [0.05, 0.1) is 16.1 Å². The largest absolute Gasteiger partial charge is 0.451 e. The van der Waals surface area contributed by atoms with Crippen LogP contribution < -0.4 is 10.9 Å². The molecule has 0 spiro atoms. The summed E-state index contributed by atoms with van der Waals surface area (Å²) in [6.45, 7) is -0.511. The maximum absolute atomic E-state index is 12.3. The van der Waals surface area contributed by atoms with Gasteiger partial charge >= 0.3 is 5.97 Å². The van der Waals surface area contributed by atoms with Crippen LogP contribution >= 0.6 is 11.6 Å². The van der Waals surface area contributed by atoms with Crippen molar-refractivity contribution in [2.75, 3.05) is 11.9 Å². The normalized spacial score (nSPS) is 10.5. The Bertz CT molecular complexity index is 1060. The van der Waals surface area contributed by atoms with Gasteiger partial charge in [-0.05, 0) is 18.2 Å². The average Bonchev–Trinajstić information content (AvgIpc) is 2.64. The number of anilines is 1. The minimum Gasteiger partial charge on any atom is -0.451 e. The van der Waals surface area contributed by atoms with Crippen LogP contribution in [-0.2, 0) is 16.6 Å². The summed E-state index contributed by atoms with van der Waals surface area (Å²) in [4.78, 5) is 36.4. The Morgan fingerprint density at radius 3 is 2.50 bits per heavy atom. The highest BCUT2D eigenvalue weighted by Gasteiger charge is 2.18. The molecule has 1 heterocycles. The second kappa shape index (κ2) is 7.37. The predicted molar refractivity (Wildman–Crippen MR) is 97.3 cm³/mol. The highest BCUT2D eigenvalue weighted by molar-refractivity contribution is 6.33. The van der Waals surface area contributed by atoms with Crippen molar-refractivity contribution in [3.05, 3.63) is 69.6 Å².